The highest BCUT2D eigenvalue weighted by atomic mass is 16.5. The smallest absolute Gasteiger partial charge is 0.341 e. The topological polar surface area (TPSA) is 69.9 Å². The van der Waals surface area contributed by atoms with E-state index in [1.54, 1.807) is 30.9 Å². The molecule has 0 aliphatic rings. The van der Waals surface area contributed by atoms with Crippen molar-refractivity contribution in [1.82, 2.24) is 19.5 Å². The molecule has 4 rings (SSSR count). The van der Waals surface area contributed by atoms with Crippen molar-refractivity contribution in [3.63, 3.8) is 0 Å². The third-order valence-corrected chi connectivity index (χ3v) is 4.25. The van der Waals surface area contributed by atoms with Crippen molar-refractivity contribution in [1.29, 1.82) is 0 Å². The van der Waals surface area contributed by atoms with Gasteiger partial charge in [-0.05, 0) is 48.7 Å². The molecule has 0 fully saturated rings. The zero-order chi connectivity index (χ0) is 18.5. The number of para-hydroxylation sites is 2. The second-order valence-electron chi connectivity index (χ2n) is 6.08. The van der Waals surface area contributed by atoms with Crippen LogP contribution in [0.15, 0.2) is 73.4 Å². The van der Waals surface area contributed by atoms with Crippen LogP contribution in [-0.4, -0.2) is 32.1 Å². The standard InChI is InChI=1S/C21H18N4O2/c26-21(27-13-5-7-16-6-3-11-22-14-16)17-8-4-12-23-20(17)25-15-24-18-9-1-2-10-19(18)25/h1-4,6,8-12,14-15H,5,7,13H2. The number of benzene rings is 1. The summed E-state index contributed by atoms with van der Waals surface area (Å²) in [5.74, 6) is 0.130. The van der Waals surface area contributed by atoms with Gasteiger partial charge in [0.15, 0.2) is 5.82 Å². The number of hydrogen-bond donors (Lipinski definition) is 0. The molecule has 0 N–H and O–H groups in total. The van der Waals surface area contributed by atoms with Crippen molar-refractivity contribution in [3.05, 3.63) is 84.6 Å². The van der Waals surface area contributed by atoms with Crippen molar-refractivity contribution in [3.8, 4) is 5.82 Å². The number of nitrogens with zero attached hydrogens (tertiary/aromatic N) is 4. The Bertz CT molecular complexity index is 1060. The lowest BCUT2D eigenvalue weighted by molar-refractivity contribution is 0.0500. The molecule has 27 heavy (non-hydrogen) atoms. The monoisotopic (exact) mass is 358 g/mol. The minimum absolute atomic E-state index is 0.340. The molecule has 0 spiro atoms. The Hall–Kier alpha value is -3.54. The van der Waals surface area contributed by atoms with Gasteiger partial charge in [0, 0.05) is 18.6 Å². The first-order valence-corrected chi connectivity index (χ1v) is 8.76. The van der Waals surface area contributed by atoms with Crippen LogP contribution in [0.1, 0.15) is 22.3 Å². The van der Waals surface area contributed by atoms with E-state index in [1.165, 1.54) is 0 Å². The summed E-state index contributed by atoms with van der Waals surface area (Å²) in [4.78, 5) is 25.4. The van der Waals surface area contributed by atoms with E-state index in [9.17, 15) is 4.79 Å². The molecule has 6 nitrogen and oxygen atoms in total. The lowest BCUT2D eigenvalue weighted by atomic mass is 10.2. The molecule has 0 bridgehead atoms. The highest BCUT2D eigenvalue weighted by Gasteiger charge is 2.16. The Morgan fingerprint density at radius 3 is 2.78 bits per heavy atom. The minimum atomic E-state index is -0.387. The Labute approximate surface area is 156 Å². The molecule has 0 aliphatic carbocycles. The number of fused-ring (bicyclic) bond motifs is 1. The number of carbonyl (C=O) groups is 1. The fourth-order valence-electron chi connectivity index (χ4n) is 2.94. The van der Waals surface area contributed by atoms with Crippen LogP contribution < -0.4 is 0 Å². The van der Waals surface area contributed by atoms with E-state index in [0.29, 0.717) is 18.0 Å². The van der Waals surface area contributed by atoms with Crippen molar-refractivity contribution in [2.45, 2.75) is 12.8 Å². The van der Waals surface area contributed by atoms with Gasteiger partial charge in [-0.2, -0.15) is 0 Å². The van der Waals surface area contributed by atoms with Gasteiger partial charge in [0.25, 0.3) is 0 Å². The molecule has 0 unspecified atom stereocenters. The average Bonchev–Trinajstić information content (AvgIpc) is 3.16. The zero-order valence-electron chi connectivity index (χ0n) is 14.7. The van der Waals surface area contributed by atoms with Crippen LogP contribution in [-0.2, 0) is 11.2 Å². The molecule has 0 aliphatic heterocycles. The predicted molar refractivity (Wildman–Crippen MR) is 102 cm³/mol. The quantitative estimate of drug-likeness (QED) is 0.389. The van der Waals surface area contributed by atoms with Gasteiger partial charge in [-0.25, -0.2) is 14.8 Å². The number of ether oxygens (including phenoxy) is 1. The first-order chi connectivity index (χ1) is 13.3. The van der Waals surface area contributed by atoms with Crippen LogP contribution in [0.5, 0.6) is 0 Å². The predicted octanol–water partition coefficient (Wildman–Crippen LogP) is 3.61. The molecule has 4 aromatic rings. The lowest BCUT2D eigenvalue weighted by Gasteiger charge is -2.10. The highest BCUT2D eigenvalue weighted by molar-refractivity contribution is 5.93. The highest BCUT2D eigenvalue weighted by Crippen LogP contribution is 2.20. The molecule has 3 heterocycles. The maximum atomic E-state index is 12.6. The first kappa shape index (κ1) is 16.9. The maximum Gasteiger partial charge on any atom is 0.341 e. The van der Waals surface area contributed by atoms with E-state index in [4.69, 9.17) is 4.74 Å². The molecular weight excluding hydrogens is 340 g/mol. The van der Waals surface area contributed by atoms with Gasteiger partial charge in [-0.3, -0.25) is 9.55 Å². The number of hydrogen-bond acceptors (Lipinski definition) is 5. The van der Waals surface area contributed by atoms with Crippen molar-refractivity contribution in [2.24, 2.45) is 0 Å². The summed E-state index contributed by atoms with van der Waals surface area (Å²) in [7, 11) is 0. The van der Waals surface area contributed by atoms with Crippen LogP contribution in [0.4, 0.5) is 0 Å². The zero-order valence-corrected chi connectivity index (χ0v) is 14.7. The molecule has 0 atom stereocenters. The molecule has 134 valence electrons. The van der Waals surface area contributed by atoms with Gasteiger partial charge in [0.2, 0.25) is 0 Å². The van der Waals surface area contributed by atoms with Crippen LogP contribution in [0.2, 0.25) is 0 Å². The second-order valence-corrected chi connectivity index (χ2v) is 6.08. The summed E-state index contributed by atoms with van der Waals surface area (Å²) >= 11 is 0. The van der Waals surface area contributed by atoms with Crippen LogP contribution >= 0.6 is 0 Å². The summed E-state index contributed by atoms with van der Waals surface area (Å²) in [6, 6.07) is 15.1. The average molecular weight is 358 g/mol. The molecule has 6 heteroatoms. The lowest BCUT2D eigenvalue weighted by Crippen LogP contribution is -2.12. The van der Waals surface area contributed by atoms with Gasteiger partial charge in [0.05, 0.1) is 17.6 Å². The molecule has 1 aromatic carbocycles. The van der Waals surface area contributed by atoms with Gasteiger partial charge in [-0.15, -0.1) is 0 Å². The number of pyridine rings is 2. The largest absolute Gasteiger partial charge is 0.462 e. The Kier molecular flexibility index (Phi) is 4.87. The van der Waals surface area contributed by atoms with Crippen LogP contribution in [0.25, 0.3) is 16.9 Å². The normalized spacial score (nSPS) is 10.8. The molecule has 3 aromatic heterocycles. The molecule has 0 radical (unpaired) electrons. The van der Waals surface area contributed by atoms with Gasteiger partial charge >= 0.3 is 5.97 Å². The third kappa shape index (κ3) is 3.69. The van der Waals surface area contributed by atoms with E-state index >= 15 is 0 Å². The van der Waals surface area contributed by atoms with Crippen molar-refractivity contribution < 1.29 is 9.53 Å². The summed E-state index contributed by atoms with van der Waals surface area (Å²) in [5.41, 5.74) is 3.28. The Morgan fingerprint density at radius 2 is 1.89 bits per heavy atom. The summed E-state index contributed by atoms with van der Waals surface area (Å²) < 4.78 is 7.27. The third-order valence-electron chi connectivity index (χ3n) is 4.25. The van der Waals surface area contributed by atoms with E-state index in [-0.39, 0.29) is 5.97 Å². The molecule has 0 saturated carbocycles. The second kappa shape index (κ2) is 7.78. The van der Waals surface area contributed by atoms with Crippen LogP contribution in [0, 0.1) is 0 Å². The number of aryl methyl sites for hydroxylation is 1. The van der Waals surface area contributed by atoms with Crippen LogP contribution in [0.3, 0.4) is 0 Å². The fourth-order valence-corrected chi connectivity index (χ4v) is 2.94. The summed E-state index contributed by atoms with van der Waals surface area (Å²) in [5, 5.41) is 0. The first-order valence-electron chi connectivity index (χ1n) is 8.76. The Balaban J connectivity index is 1.48. The SMILES string of the molecule is O=C(OCCCc1cccnc1)c1cccnc1-n1cnc2ccccc21. The Morgan fingerprint density at radius 1 is 1.00 bits per heavy atom. The number of rotatable bonds is 6. The van der Waals surface area contributed by atoms with E-state index < -0.39 is 0 Å². The number of imidazole rings is 1. The van der Waals surface area contributed by atoms with Crippen molar-refractivity contribution >= 4 is 17.0 Å². The molecule has 0 saturated heterocycles. The summed E-state index contributed by atoms with van der Waals surface area (Å²) in [6.45, 7) is 0.340. The number of esters is 1. The summed E-state index contributed by atoms with van der Waals surface area (Å²) in [6.07, 6.45) is 8.45. The number of carbonyl (C=O) groups excluding carboxylic acids is 1. The maximum absolute atomic E-state index is 12.6. The molecular formula is C21H18N4O2. The minimum Gasteiger partial charge on any atom is -0.462 e. The van der Waals surface area contributed by atoms with Gasteiger partial charge < -0.3 is 4.74 Å². The van der Waals surface area contributed by atoms with Crippen molar-refractivity contribution in [2.75, 3.05) is 6.61 Å². The molecule has 0 amide bonds. The van der Waals surface area contributed by atoms with Gasteiger partial charge in [-0.1, -0.05) is 18.2 Å². The van der Waals surface area contributed by atoms with E-state index in [1.807, 2.05) is 47.2 Å². The van der Waals surface area contributed by atoms with E-state index in [0.717, 1.165) is 29.4 Å². The fraction of sp³-hybridized carbons (Fsp3) is 0.143. The number of aromatic nitrogens is 4. The van der Waals surface area contributed by atoms with Gasteiger partial charge in [0.1, 0.15) is 11.9 Å². The van der Waals surface area contributed by atoms with E-state index in [2.05, 4.69) is 15.0 Å².